The molecule has 0 aliphatic rings. The second kappa shape index (κ2) is 3.53. The molecule has 0 aromatic carbocycles. The molecular weight excluding hydrogens is 144 g/mol. The van der Waals surface area contributed by atoms with E-state index in [0.29, 0.717) is 6.10 Å². The predicted molar refractivity (Wildman–Crippen MR) is 48.1 cm³/mol. The number of rotatable bonds is 3. The van der Waals surface area contributed by atoms with Crippen LogP contribution in [0.2, 0.25) is 19.6 Å². The van der Waals surface area contributed by atoms with Crippen LogP contribution in [0.1, 0.15) is 13.8 Å². The van der Waals surface area contributed by atoms with E-state index in [1.165, 1.54) is 0 Å². The second-order valence-corrected chi connectivity index (χ2v) is 15.0. The van der Waals surface area contributed by atoms with Gasteiger partial charge in [0.1, 0.15) is 0 Å². The first-order valence-corrected chi connectivity index (χ1v) is 10.3. The summed E-state index contributed by atoms with van der Waals surface area (Å²) in [5.74, 6) is 0. The monoisotopic (exact) mass is 162 g/mol. The second-order valence-electron chi connectivity index (χ2n) is 3.28. The van der Waals surface area contributed by atoms with Gasteiger partial charge in [-0.1, -0.05) is 6.55 Å². The maximum Gasteiger partial charge on any atom is 0.166 e. The lowest BCUT2D eigenvalue weighted by Gasteiger charge is -2.23. The first kappa shape index (κ1) is 9.39. The van der Waals surface area contributed by atoms with Gasteiger partial charge >= 0.3 is 0 Å². The Morgan fingerprint density at radius 1 is 1.33 bits per heavy atom. The molecule has 0 aliphatic heterocycles. The Labute approximate surface area is 61.5 Å². The first-order chi connectivity index (χ1) is 3.98. The summed E-state index contributed by atoms with van der Waals surface area (Å²) in [5, 5.41) is 0. The zero-order chi connectivity index (χ0) is 7.49. The summed E-state index contributed by atoms with van der Waals surface area (Å²) in [6.07, 6.45) is 0.444. The van der Waals surface area contributed by atoms with E-state index in [2.05, 4.69) is 33.5 Å². The summed E-state index contributed by atoms with van der Waals surface area (Å²) >= 11 is 0. The number of hydrogen-bond acceptors (Lipinski definition) is 1. The van der Waals surface area contributed by atoms with Gasteiger partial charge in [0.15, 0.2) is 7.83 Å². The summed E-state index contributed by atoms with van der Waals surface area (Å²) in [5.41, 5.74) is 0. The Bertz CT molecular complexity index is 81.1. The van der Waals surface area contributed by atoms with Crippen LogP contribution in [-0.4, -0.2) is 23.0 Å². The molecule has 0 atom stereocenters. The molecule has 0 unspecified atom stereocenters. The van der Waals surface area contributed by atoms with Crippen molar-refractivity contribution in [2.75, 3.05) is 0 Å². The maximum absolute atomic E-state index is 5.79. The molecule has 0 N–H and O–H groups in total. The van der Waals surface area contributed by atoms with Gasteiger partial charge in [0, 0.05) is 15.1 Å². The van der Waals surface area contributed by atoms with Crippen molar-refractivity contribution in [1.29, 1.82) is 0 Å². The molecule has 0 rings (SSSR count). The highest BCUT2D eigenvalue weighted by Gasteiger charge is 2.20. The minimum absolute atomic E-state index is 0.116. The minimum Gasteiger partial charge on any atom is -0.418 e. The van der Waals surface area contributed by atoms with Crippen LogP contribution in [0.5, 0.6) is 0 Å². The lowest BCUT2D eigenvalue weighted by Crippen LogP contribution is -2.39. The zero-order valence-electron chi connectivity index (χ0n) is 7.19. The van der Waals surface area contributed by atoms with Gasteiger partial charge in [-0.05, 0) is 26.9 Å². The highest BCUT2D eigenvalue weighted by Crippen LogP contribution is 2.04. The Morgan fingerprint density at radius 2 is 1.78 bits per heavy atom. The first-order valence-electron chi connectivity index (χ1n) is 3.66. The van der Waals surface area contributed by atoms with Crippen LogP contribution in [0.4, 0.5) is 0 Å². The highest BCUT2D eigenvalue weighted by atomic mass is 29.2. The summed E-state index contributed by atoms with van der Waals surface area (Å²) in [6.45, 7) is 11.2. The van der Waals surface area contributed by atoms with E-state index in [0.717, 1.165) is 0 Å². The van der Waals surface area contributed by atoms with E-state index < -0.39 is 7.83 Å². The third kappa shape index (κ3) is 4.87. The molecule has 0 spiro atoms. The van der Waals surface area contributed by atoms with Gasteiger partial charge in [-0.15, -0.1) is 0 Å². The van der Waals surface area contributed by atoms with Crippen LogP contribution < -0.4 is 0 Å². The number of hydrogen-bond donors (Lipinski definition) is 0. The quantitative estimate of drug-likeness (QED) is 0.569. The van der Waals surface area contributed by atoms with Crippen molar-refractivity contribution in [2.24, 2.45) is 0 Å². The van der Waals surface area contributed by atoms with Crippen molar-refractivity contribution in [3.63, 3.8) is 0 Å². The van der Waals surface area contributed by atoms with E-state index in [9.17, 15) is 0 Å². The van der Waals surface area contributed by atoms with Crippen LogP contribution in [0.3, 0.4) is 0 Å². The fourth-order valence-corrected chi connectivity index (χ4v) is 3.66. The van der Waals surface area contributed by atoms with Gasteiger partial charge in [-0.2, -0.15) is 0 Å². The van der Waals surface area contributed by atoms with E-state index >= 15 is 0 Å². The molecule has 0 aromatic heterocycles. The lowest BCUT2D eigenvalue weighted by atomic mass is 10.5. The molecule has 56 valence electrons. The van der Waals surface area contributed by atoms with Gasteiger partial charge in [0.2, 0.25) is 0 Å². The van der Waals surface area contributed by atoms with Gasteiger partial charge in [0.05, 0.1) is 0 Å². The largest absolute Gasteiger partial charge is 0.418 e. The summed E-state index contributed by atoms with van der Waals surface area (Å²) in [4.78, 5) is 0. The topological polar surface area (TPSA) is 9.23 Å². The minimum atomic E-state index is -1.10. The molecule has 0 aliphatic carbocycles. The molecule has 0 saturated heterocycles. The Hall–Kier alpha value is 0.394. The smallest absolute Gasteiger partial charge is 0.166 e. The normalized spacial score (nSPS) is 14.0. The van der Waals surface area contributed by atoms with Gasteiger partial charge < -0.3 is 4.43 Å². The SMILES string of the molecule is C[SiH2][Si](C)(C)OC(C)C. The summed E-state index contributed by atoms with van der Waals surface area (Å²) in [7, 11) is -0.986. The predicted octanol–water partition coefficient (Wildman–Crippen LogP) is 1.33. The van der Waals surface area contributed by atoms with Gasteiger partial charge in [-0.25, -0.2) is 0 Å². The summed E-state index contributed by atoms with van der Waals surface area (Å²) < 4.78 is 5.79. The van der Waals surface area contributed by atoms with E-state index in [4.69, 9.17) is 4.43 Å². The van der Waals surface area contributed by atoms with Gasteiger partial charge in [-0.3, -0.25) is 0 Å². The molecule has 0 aromatic rings. The van der Waals surface area contributed by atoms with Crippen LogP contribution in [0.15, 0.2) is 0 Å². The van der Waals surface area contributed by atoms with Crippen molar-refractivity contribution in [3.8, 4) is 0 Å². The molecule has 1 nitrogen and oxygen atoms in total. The lowest BCUT2D eigenvalue weighted by molar-refractivity contribution is 0.242. The fraction of sp³-hybridized carbons (Fsp3) is 1.00. The molecule has 0 radical (unpaired) electrons. The Balaban J connectivity index is 3.58. The van der Waals surface area contributed by atoms with E-state index in [-0.39, 0.29) is 9.04 Å². The maximum atomic E-state index is 5.79. The van der Waals surface area contributed by atoms with Crippen molar-refractivity contribution in [2.45, 2.75) is 39.6 Å². The van der Waals surface area contributed by atoms with E-state index in [1.807, 2.05) is 0 Å². The van der Waals surface area contributed by atoms with Gasteiger partial charge in [0.25, 0.3) is 0 Å². The molecule has 0 saturated carbocycles. The molecular formula is C6H18OSi2. The van der Waals surface area contributed by atoms with Crippen LogP contribution in [0.25, 0.3) is 0 Å². The molecule has 3 heteroatoms. The third-order valence-corrected chi connectivity index (χ3v) is 9.83. The molecule has 0 amide bonds. The van der Waals surface area contributed by atoms with Crippen molar-refractivity contribution >= 4 is 16.9 Å². The van der Waals surface area contributed by atoms with Crippen LogP contribution >= 0.6 is 0 Å². The van der Waals surface area contributed by atoms with Crippen molar-refractivity contribution < 1.29 is 4.43 Å². The summed E-state index contributed by atoms with van der Waals surface area (Å²) in [6, 6.07) is 0. The van der Waals surface area contributed by atoms with Crippen molar-refractivity contribution in [3.05, 3.63) is 0 Å². The highest BCUT2D eigenvalue weighted by molar-refractivity contribution is 7.19. The Kier molecular flexibility index (Phi) is 3.69. The molecule has 0 heterocycles. The molecule has 0 bridgehead atoms. The van der Waals surface area contributed by atoms with Crippen molar-refractivity contribution in [1.82, 2.24) is 0 Å². The fourth-order valence-electron chi connectivity index (χ4n) is 0.721. The average Bonchev–Trinajstić information content (AvgIpc) is 1.63. The molecule has 9 heavy (non-hydrogen) atoms. The van der Waals surface area contributed by atoms with E-state index in [1.54, 1.807) is 0 Å². The average molecular weight is 162 g/mol. The Morgan fingerprint density at radius 3 is 1.89 bits per heavy atom. The zero-order valence-corrected chi connectivity index (χ0v) is 9.61. The van der Waals surface area contributed by atoms with Crippen LogP contribution in [0, 0.1) is 0 Å². The van der Waals surface area contributed by atoms with Crippen LogP contribution in [-0.2, 0) is 4.43 Å². The standard InChI is InChI=1S/C6H18OSi2/c1-6(2)7-9(4,5)8-3/h6H,8H2,1-5H3. The third-order valence-electron chi connectivity index (χ3n) is 1.41. The molecule has 0 fully saturated rings.